The van der Waals surface area contributed by atoms with Crippen molar-refractivity contribution in [3.63, 3.8) is 0 Å². The van der Waals surface area contributed by atoms with Gasteiger partial charge in [0, 0.05) is 15.6 Å². The van der Waals surface area contributed by atoms with Gasteiger partial charge in [0.25, 0.3) is 0 Å². The Morgan fingerprint density at radius 3 is 2.19 bits per heavy atom. The van der Waals surface area contributed by atoms with Crippen LogP contribution in [-0.2, 0) is 5.60 Å². The van der Waals surface area contributed by atoms with E-state index in [2.05, 4.69) is 28.1 Å². The van der Waals surface area contributed by atoms with Gasteiger partial charge in [-0.15, -0.1) is 0 Å². The molecule has 1 aliphatic rings. The van der Waals surface area contributed by atoms with Crippen LogP contribution in [0.25, 0.3) is 11.1 Å². The standard InChI is InChI=1S/C19H13BrO/c20-14-10-11-16-15-8-4-5-9-17(15)19(21,18(16)12-14)13-6-2-1-3-7-13/h1-12,21H. The lowest BCUT2D eigenvalue weighted by molar-refractivity contribution is 0.130. The lowest BCUT2D eigenvalue weighted by atomic mass is 9.84. The molecule has 102 valence electrons. The van der Waals surface area contributed by atoms with Crippen molar-refractivity contribution < 1.29 is 5.11 Å². The van der Waals surface area contributed by atoms with E-state index in [0.29, 0.717) is 0 Å². The van der Waals surface area contributed by atoms with E-state index in [-0.39, 0.29) is 0 Å². The van der Waals surface area contributed by atoms with E-state index in [1.165, 1.54) is 0 Å². The summed E-state index contributed by atoms with van der Waals surface area (Å²) in [5.41, 5.74) is 3.89. The Morgan fingerprint density at radius 2 is 1.38 bits per heavy atom. The number of hydrogen-bond donors (Lipinski definition) is 1. The van der Waals surface area contributed by atoms with Crippen LogP contribution in [0, 0.1) is 0 Å². The molecule has 4 rings (SSSR count). The molecule has 0 aliphatic heterocycles. The summed E-state index contributed by atoms with van der Waals surface area (Å²) in [6.07, 6.45) is 0. The van der Waals surface area contributed by atoms with E-state index in [9.17, 15) is 5.11 Å². The van der Waals surface area contributed by atoms with Crippen molar-refractivity contribution >= 4 is 15.9 Å². The number of halogens is 1. The highest BCUT2D eigenvalue weighted by atomic mass is 79.9. The van der Waals surface area contributed by atoms with Crippen LogP contribution in [0.3, 0.4) is 0 Å². The van der Waals surface area contributed by atoms with Crippen LogP contribution in [0.5, 0.6) is 0 Å². The Kier molecular flexibility index (Phi) is 2.78. The van der Waals surface area contributed by atoms with Crippen molar-refractivity contribution in [3.8, 4) is 11.1 Å². The summed E-state index contributed by atoms with van der Waals surface area (Å²) < 4.78 is 0.975. The molecule has 0 aromatic heterocycles. The molecule has 0 saturated heterocycles. The fourth-order valence-corrected chi connectivity index (χ4v) is 3.58. The fourth-order valence-electron chi connectivity index (χ4n) is 3.22. The predicted octanol–water partition coefficient (Wildman–Crippen LogP) is 4.71. The van der Waals surface area contributed by atoms with Crippen molar-refractivity contribution in [3.05, 3.63) is 94.0 Å². The number of fused-ring (bicyclic) bond motifs is 3. The lowest BCUT2D eigenvalue weighted by Gasteiger charge is -2.26. The van der Waals surface area contributed by atoms with E-state index in [1.807, 2.05) is 60.7 Å². The molecule has 21 heavy (non-hydrogen) atoms. The molecule has 0 radical (unpaired) electrons. The zero-order valence-electron chi connectivity index (χ0n) is 11.3. The minimum absolute atomic E-state index is 0.898. The van der Waals surface area contributed by atoms with E-state index < -0.39 is 5.60 Å². The monoisotopic (exact) mass is 336 g/mol. The second-order valence-corrected chi connectivity index (χ2v) is 6.23. The maximum atomic E-state index is 11.6. The van der Waals surface area contributed by atoms with Crippen molar-refractivity contribution in [2.24, 2.45) is 0 Å². The fraction of sp³-hybridized carbons (Fsp3) is 0.0526. The number of aliphatic hydroxyl groups is 1. The average Bonchev–Trinajstić information content (AvgIpc) is 2.79. The Bertz CT molecular complexity index is 826. The molecule has 1 aliphatic carbocycles. The van der Waals surface area contributed by atoms with Crippen molar-refractivity contribution in [2.45, 2.75) is 5.60 Å². The van der Waals surface area contributed by atoms with Gasteiger partial charge in [0.05, 0.1) is 0 Å². The normalized spacial score (nSPS) is 19.1. The Hall–Kier alpha value is -1.90. The van der Waals surface area contributed by atoms with E-state index in [1.54, 1.807) is 0 Å². The molecule has 0 spiro atoms. The highest BCUT2D eigenvalue weighted by Gasteiger charge is 2.42. The van der Waals surface area contributed by atoms with E-state index in [4.69, 9.17) is 0 Å². The van der Waals surface area contributed by atoms with E-state index >= 15 is 0 Å². The first-order valence-corrected chi connectivity index (χ1v) is 7.68. The van der Waals surface area contributed by atoms with Gasteiger partial charge >= 0.3 is 0 Å². The van der Waals surface area contributed by atoms with Crippen LogP contribution in [0.4, 0.5) is 0 Å². The third kappa shape index (κ3) is 1.73. The van der Waals surface area contributed by atoms with Gasteiger partial charge in [-0.3, -0.25) is 0 Å². The SMILES string of the molecule is OC1(c2ccccc2)c2ccccc2-c2ccc(Br)cc21. The molecule has 3 aromatic carbocycles. The van der Waals surface area contributed by atoms with Crippen LogP contribution in [-0.4, -0.2) is 5.11 Å². The van der Waals surface area contributed by atoms with Crippen molar-refractivity contribution in [1.29, 1.82) is 0 Å². The van der Waals surface area contributed by atoms with Crippen LogP contribution >= 0.6 is 15.9 Å². The van der Waals surface area contributed by atoms with Crippen molar-refractivity contribution in [1.82, 2.24) is 0 Å². The molecule has 0 bridgehead atoms. The second-order valence-electron chi connectivity index (χ2n) is 5.31. The Balaban J connectivity index is 2.10. The lowest BCUT2D eigenvalue weighted by Crippen LogP contribution is -2.26. The summed E-state index contributed by atoms with van der Waals surface area (Å²) in [5.74, 6) is 0. The quantitative estimate of drug-likeness (QED) is 0.682. The molecule has 2 heteroatoms. The summed E-state index contributed by atoms with van der Waals surface area (Å²) in [6, 6.07) is 24.0. The number of rotatable bonds is 1. The number of hydrogen-bond acceptors (Lipinski definition) is 1. The van der Waals surface area contributed by atoms with Gasteiger partial charge < -0.3 is 5.11 Å². The van der Waals surface area contributed by atoms with Gasteiger partial charge in [-0.25, -0.2) is 0 Å². The van der Waals surface area contributed by atoms with Gasteiger partial charge in [-0.05, 0) is 28.8 Å². The zero-order chi connectivity index (χ0) is 14.4. The first-order chi connectivity index (χ1) is 10.2. The third-order valence-electron chi connectivity index (χ3n) is 4.17. The summed E-state index contributed by atoms with van der Waals surface area (Å²) >= 11 is 3.52. The van der Waals surface area contributed by atoms with Crippen LogP contribution in [0.15, 0.2) is 77.3 Å². The molecule has 1 N–H and O–H groups in total. The molecule has 0 saturated carbocycles. The summed E-state index contributed by atoms with van der Waals surface area (Å²) in [4.78, 5) is 0. The van der Waals surface area contributed by atoms with Gasteiger partial charge in [0.15, 0.2) is 0 Å². The molecular formula is C19H13BrO. The third-order valence-corrected chi connectivity index (χ3v) is 4.66. The zero-order valence-corrected chi connectivity index (χ0v) is 12.8. The van der Waals surface area contributed by atoms with E-state index in [0.717, 1.165) is 32.3 Å². The topological polar surface area (TPSA) is 20.2 Å². The van der Waals surface area contributed by atoms with Crippen LogP contribution in [0.1, 0.15) is 16.7 Å². The second kappa shape index (κ2) is 4.55. The summed E-state index contributed by atoms with van der Waals surface area (Å²) in [6.45, 7) is 0. The van der Waals surface area contributed by atoms with Crippen LogP contribution in [0.2, 0.25) is 0 Å². The molecule has 3 aromatic rings. The highest BCUT2D eigenvalue weighted by molar-refractivity contribution is 9.10. The summed E-state index contributed by atoms with van der Waals surface area (Å²) in [5, 5.41) is 11.6. The maximum absolute atomic E-state index is 11.6. The van der Waals surface area contributed by atoms with Gasteiger partial charge in [0.1, 0.15) is 5.60 Å². The molecule has 0 fully saturated rings. The highest BCUT2D eigenvalue weighted by Crippen LogP contribution is 2.51. The van der Waals surface area contributed by atoms with Gasteiger partial charge in [-0.2, -0.15) is 0 Å². The molecule has 1 unspecified atom stereocenters. The molecular weight excluding hydrogens is 324 g/mol. The average molecular weight is 337 g/mol. The maximum Gasteiger partial charge on any atom is 0.141 e. The minimum Gasteiger partial charge on any atom is -0.376 e. The molecule has 0 heterocycles. The number of benzene rings is 3. The first kappa shape index (κ1) is 12.8. The van der Waals surface area contributed by atoms with Crippen LogP contribution < -0.4 is 0 Å². The van der Waals surface area contributed by atoms with Crippen molar-refractivity contribution in [2.75, 3.05) is 0 Å². The first-order valence-electron chi connectivity index (χ1n) is 6.89. The Labute approximate surface area is 132 Å². The van der Waals surface area contributed by atoms with Gasteiger partial charge in [0.2, 0.25) is 0 Å². The smallest absolute Gasteiger partial charge is 0.141 e. The predicted molar refractivity (Wildman–Crippen MR) is 88.1 cm³/mol. The largest absolute Gasteiger partial charge is 0.376 e. The molecule has 0 amide bonds. The summed E-state index contributed by atoms with van der Waals surface area (Å²) in [7, 11) is 0. The minimum atomic E-state index is -1.09. The molecule has 1 atom stereocenters. The Morgan fingerprint density at radius 1 is 0.714 bits per heavy atom. The molecule has 1 nitrogen and oxygen atoms in total. The van der Waals surface area contributed by atoms with Gasteiger partial charge in [-0.1, -0.05) is 76.6 Å².